The van der Waals surface area contributed by atoms with Crippen molar-refractivity contribution >= 4 is 33.9 Å². The third-order valence-corrected chi connectivity index (χ3v) is 2.72. The quantitative estimate of drug-likeness (QED) is 0.658. The molecule has 98 valence electrons. The van der Waals surface area contributed by atoms with Gasteiger partial charge in [0.2, 0.25) is 5.91 Å². The molecule has 5 nitrogen and oxygen atoms in total. The van der Waals surface area contributed by atoms with Crippen LogP contribution in [0.15, 0.2) is 11.5 Å². The Morgan fingerprint density at radius 3 is 2.78 bits per heavy atom. The number of carbonyl (C=O) groups is 2. The van der Waals surface area contributed by atoms with E-state index in [2.05, 4.69) is 10.3 Å². The summed E-state index contributed by atoms with van der Waals surface area (Å²) in [5.41, 5.74) is 0.969. The van der Waals surface area contributed by atoms with Gasteiger partial charge in [0.15, 0.2) is 5.13 Å². The molecule has 1 aromatic heterocycles. The Balaban J connectivity index is 2.93. The molecule has 1 heterocycles. The molecule has 0 saturated carbocycles. The van der Waals surface area contributed by atoms with Gasteiger partial charge in [-0.05, 0) is 13.3 Å². The molecular formula is C12H16N2O3S. The van der Waals surface area contributed by atoms with Gasteiger partial charge in [-0.3, -0.25) is 4.79 Å². The number of nitrogens with zero attached hydrogens (tertiary/aromatic N) is 1. The number of aromatic nitrogens is 1. The van der Waals surface area contributed by atoms with E-state index in [1.54, 1.807) is 18.4 Å². The number of carbonyl (C=O) groups excluding carboxylic acids is 2. The average Bonchev–Trinajstić information content (AvgIpc) is 2.73. The molecule has 0 aliphatic carbocycles. The molecule has 0 fully saturated rings. The number of allylic oxidation sites excluding steroid dienone is 1. The van der Waals surface area contributed by atoms with Gasteiger partial charge in [-0.25, -0.2) is 9.78 Å². The van der Waals surface area contributed by atoms with Gasteiger partial charge in [0.1, 0.15) is 0 Å². The number of ether oxygens (including phenoxy) is 1. The summed E-state index contributed by atoms with van der Waals surface area (Å²) in [6.45, 7) is 5.42. The molecular weight excluding hydrogens is 252 g/mol. The molecule has 0 aliphatic rings. The zero-order chi connectivity index (χ0) is 13.5. The summed E-state index contributed by atoms with van der Waals surface area (Å²) in [7, 11) is 0. The fourth-order valence-corrected chi connectivity index (χ4v) is 2.07. The smallest absolute Gasteiger partial charge is 0.340 e. The zero-order valence-electron chi connectivity index (χ0n) is 10.6. The lowest BCUT2D eigenvalue weighted by Gasteiger charge is -2.03. The summed E-state index contributed by atoms with van der Waals surface area (Å²) in [4.78, 5) is 26.8. The average molecular weight is 268 g/mol. The maximum atomic E-state index is 11.8. The van der Waals surface area contributed by atoms with Crippen molar-refractivity contribution in [1.82, 2.24) is 4.98 Å². The maximum Gasteiger partial charge on any atom is 0.340 e. The standard InChI is InChI=1S/C12H16N2O3S/c1-4-6-9(11(16)17-5-2)10-7-18-12(14-10)13-8(3)15/h6-7H,4-5H2,1-3H3,(H,13,14,15)/b9-6+. The predicted molar refractivity (Wildman–Crippen MR) is 71.3 cm³/mol. The van der Waals surface area contributed by atoms with Gasteiger partial charge in [0.25, 0.3) is 0 Å². The molecule has 0 aromatic carbocycles. The molecule has 1 N–H and O–H groups in total. The molecule has 0 spiro atoms. The Hall–Kier alpha value is -1.69. The van der Waals surface area contributed by atoms with E-state index in [4.69, 9.17) is 4.74 Å². The lowest BCUT2D eigenvalue weighted by atomic mass is 10.2. The number of anilines is 1. The highest BCUT2D eigenvalue weighted by Gasteiger charge is 2.16. The fourth-order valence-electron chi connectivity index (χ4n) is 1.31. The normalized spacial score (nSPS) is 11.2. The van der Waals surface area contributed by atoms with Crippen molar-refractivity contribution in [3.63, 3.8) is 0 Å². The van der Waals surface area contributed by atoms with Gasteiger partial charge in [0.05, 0.1) is 17.9 Å². The maximum absolute atomic E-state index is 11.8. The van der Waals surface area contributed by atoms with Gasteiger partial charge < -0.3 is 10.1 Å². The molecule has 0 unspecified atom stereocenters. The van der Waals surface area contributed by atoms with Gasteiger partial charge in [-0.2, -0.15) is 0 Å². The number of nitrogens with one attached hydrogen (secondary N) is 1. The highest BCUT2D eigenvalue weighted by molar-refractivity contribution is 7.14. The lowest BCUT2D eigenvalue weighted by molar-refractivity contribution is -0.136. The molecule has 6 heteroatoms. The monoisotopic (exact) mass is 268 g/mol. The van der Waals surface area contributed by atoms with Crippen LogP contribution in [-0.2, 0) is 14.3 Å². The molecule has 0 radical (unpaired) electrons. The first kappa shape index (κ1) is 14.4. The van der Waals surface area contributed by atoms with Crippen LogP contribution in [-0.4, -0.2) is 23.5 Å². The summed E-state index contributed by atoms with van der Waals surface area (Å²) >= 11 is 1.28. The number of thiazole rings is 1. The third kappa shape index (κ3) is 3.96. The van der Waals surface area contributed by atoms with Crippen LogP contribution < -0.4 is 5.32 Å². The number of esters is 1. The van der Waals surface area contributed by atoms with Crippen molar-refractivity contribution in [3.8, 4) is 0 Å². The minimum absolute atomic E-state index is 0.187. The van der Waals surface area contributed by atoms with E-state index >= 15 is 0 Å². The van der Waals surface area contributed by atoms with E-state index in [1.807, 2.05) is 6.92 Å². The van der Waals surface area contributed by atoms with E-state index in [0.717, 1.165) is 0 Å². The van der Waals surface area contributed by atoms with Crippen molar-refractivity contribution in [1.29, 1.82) is 0 Å². The number of hydrogen-bond acceptors (Lipinski definition) is 5. The predicted octanol–water partition coefficient (Wildman–Crippen LogP) is 2.46. The van der Waals surface area contributed by atoms with Gasteiger partial charge >= 0.3 is 5.97 Å². The largest absolute Gasteiger partial charge is 0.462 e. The van der Waals surface area contributed by atoms with Gasteiger partial charge in [-0.15, -0.1) is 11.3 Å². The van der Waals surface area contributed by atoms with Crippen LogP contribution in [0, 0.1) is 0 Å². The summed E-state index contributed by atoms with van der Waals surface area (Å²) in [5, 5.41) is 4.78. The first-order valence-electron chi connectivity index (χ1n) is 5.69. The van der Waals surface area contributed by atoms with Gasteiger partial charge in [-0.1, -0.05) is 13.0 Å². The fraction of sp³-hybridized carbons (Fsp3) is 0.417. The Kier molecular flexibility index (Phi) is 5.51. The first-order valence-corrected chi connectivity index (χ1v) is 6.57. The van der Waals surface area contributed by atoms with Crippen LogP contribution in [0.3, 0.4) is 0 Å². The van der Waals surface area contributed by atoms with E-state index in [0.29, 0.717) is 29.4 Å². The highest BCUT2D eigenvalue weighted by atomic mass is 32.1. The summed E-state index contributed by atoms with van der Waals surface area (Å²) < 4.78 is 4.97. The van der Waals surface area contributed by atoms with Crippen molar-refractivity contribution < 1.29 is 14.3 Å². The molecule has 0 aliphatic heterocycles. The second-order valence-corrected chi connectivity index (χ2v) is 4.32. The molecule has 0 bridgehead atoms. The molecule has 1 rings (SSSR count). The molecule has 0 atom stereocenters. The topological polar surface area (TPSA) is 68.3 Å². The molecule has 0 saturated heterocycles. The SMILES string of the molecule is CC/C=C(/C(=O)OCC)c1csc(NC(C)=O)n1. The number of amides is 1. The van der Waals surface area contributed by atoms with Crippen molar-refractivity contribution in [2.75, 3.05) is 11.9 Å². The minimum Gasteiger partial charge on any atom is -0.462 e. The summed E-state index contributed by atoms with van der Waals surface area (Å²) in [5.74, 6) is -0.577. The van der Waals surface area contributed by atoms with Crippen LogP contribution in [0.5, 0.6) is 0 Å². The Morgan fingerprint density at radius 1 is 1.50 bits per heavy atom. The zero-order valence-corrected chi connectivity index (χ0v) is 11.5. The minimum atomic E-state index is -0.390. The third-order valence-electron chi connectivity index (χ3n) is 1.97. The molecule has 1 aromatic rings. The van der Waals surface area contributed by atoms with Crippen molar-refractivity contribution in [2.24, 2.45) is 0 Å². The van der Waals surface area contributed by atoms with Crippen molar-refractivity contribution in [2.45, 2.75) is 27.2 Å². The van der Waals surface area contributed by atoms with Crippen LogP contribution in [0.4, 0.5) is 5.13 Å². The molecule has 18 heavy (non-hydrogen) atoms. The first-order chi connectivity index (χ1) is 8.58. The van der Waals surface area contributed by atoms with Crippen LogP contribution in [0.25, 0.3) is 5.57 Å². The van der Waals surface area contributed by atoms with Crippen LogP contribution in [0.2, 0.25) is 0 Å². The Labute approximate surface area is 110 Å². The highest BCUT2D eigenvalue weighted by Crippen LogP contribution is 2.23. The Morgan fingerprint density at radius 2 is 2.22 bits per heavy atom. The van der Waals surface area contributed by atoms with E-state index in [9.17, 15) is 9.59 Å². The number of hydrogen-bond donors (Lipinski definition) is 1. The van der Waals surface area contributed by atoms with Crippen LogP contribution in [0.1, 0.15) is 32.9 Å². The van der Waals surface area contributed by atoms with E-state index in [1.165, 1.54) is 18.3 Å². The lowest BCUT2D eigenvalue weighted by Crippen LogP contribution is -2.08. The summed E-state index contributed by atoms with van der Waals surface area (Å²) in [6, 6.07) is 0. The van der Waals surface area contributed by atoms with E-state index in [-0.39, 0.29) is 11.9 Å². The van der Waals surface area contributed by atoms with Crippen molar-refractivity contribution in [3.05, 3.63) is 17.2 Å². The van der Waals surface area contributed by atoms with Crippen LogP contribution >= 0.6 is 11.3 Å². The second-order valence-electron chi connectivity index (χ2n) is 3.47. The molecule has 1 amide bonds. The second kappa shape index (κ2) is 6.90. The number of rotatable bonds is 5. The van der Waals surface area contributed by atoms with Gasteiger partial charge in [0, 0.05) is 12.3 Å². The van der Waals surface area contributed by atoms with E-state index < -0.39 is 0 Å². The summed E-state index contributed by atoms with van der Waals surface area (Å²) in [6.07, 6.45) is 2.48. The Bertz CT molecular complexity index is 466.